The largest absolute Gasteiger partial charge is 0.383 e. The number of hydrazone groups is 1. The van der Waals surface area contributed by atoms with Crippen molar-refractivity contribution in [3.63, 3.8) is 0 Å². The summed E-state index contributed by atoms with van der Waals surface area (Å²) in [5, 5.41) is 14.2. The molecule has 3 aromatic rings. The zero-order chi connectivity index (χ0) is 22.4. The van der Waals surface area contributed by atoms with Crippen molar-refractivity contribution in [2.45, 2.75) is 19.8 Å². The van der Waals surface area contributed by atoms with Crippen molar-refractivity contribution in [1.82, 2.24) is 20.5 Å². The molecule has 3 heterocycles. The smallest absolute Gasteiger partial charge is 0.184 e. The second-order valence-corrected chi connectivity index (χ2v) is 6.95. The van der Waals surface area contributed by atoms with E-state index in [9.17, 15) is 8.78 Å². The maximum Gasteiger partial charge on any atom is 0.184 e. The Hall–Kier alpha value is -3.57. The number of aryl methyl sites for hydroxylation is 1. The fourth-order valence-corrected chi connectivity index (χ4v) is 3.04. The highest BCUT2D eigenvalue weighted by molar-refractivity contribution is 6.12. The SMILES string of the molecule is C1CCNC1.Cc1ccc(N(N)/C(=N\N)c2cc(-c3cn[nH]c3)cnc2N)c(F)c1F. The number of pyridine rings is 1. The minimum atomic E-state index is -1.12. The van der Waals surface area contributed by atoms with Crippen LogP contribution in [0.5, 0.6) is 0 Å². The first-order chi connectivity index (χ1) is 14.9. The van der Waals surface area contributed by atoms with E-state index < -0.39 is 11.6 Å². The van der Waals surface area contributed by atoms with Crippen LogP contribution in [-0.2, 0) is 0 Å². The number of nitrogens with zero attached hydrogens (tertiary/aromatic N) is 4. The molecule has 2 aromatic heterocycles. The van der Waals surface area contributed by atoms with Gasteiger partial charge < -0.3 is 16.9 Å². The van der Waals surface area contributed by atoms with E-state index in [1.54, 1.807) is 18.5 Å². The number of nitrogens with two attached hydrogens (primary N) is 3. The average molecular weight is 429 g/mol. The maximum atomic E-state index is 14.3. The zero-order valence-electron chi connectivity index (χ0n) is 17.1. The van der Waals surface area contributed by atoms with Gasteiger partial charge in [0.2, 0.25) is 0 Å². The van der Waals surface area contributed by atoms with Gasteiger partial charge in [0.1, 0.15) is 5.82 Å². The number of hydrogen-bond acceptors (Lipinski definition) is 7. The van der Waals surface area contributed by atoms with Crippen LogP contribution < -0.4 is 27.7 Å². The first kappa shape index (κ1) is 22.1. The van der Waals surface area contributed by atoms with E-state index in [1.165, 1.54) is 51.2 Å². The summed E-state index contributed by atoms with van der Waals surface area (Å²) in [7, 11) is 0. The van der Waals surface area contributed by atoms with Gasteiger partial charge in [-0.25, -0.2) is 19.6 Å². The van der Waals surface area contributed by atoms with E-state index >= 15 is 0 Å². The van der Waals surface area contributed by atoms with E-state index in [1.807, 2.05) is 0 Å². The second-order valence-electron chi connectivity index (χ2n) is 6.95. The Kier molecular flexibility index (Phi) is 7.11. The van der Waals surface area contributed by atoms with Crippen LogP contribution in [0.1, 0.15) is 24.0 Å². The van der Waals surface area contributed by atoms with Crippen molar-refractivity contribution in [3.8, 4) is 11.1 Å². The average Bonchev–Trinajstić information content (AvgIpc) is 3.50. The lowest BCUT2D eigenvalue weighted by molar-refractivity contribution is 0.503. The Bertz CT molecular complexity index is 1040. The molecular weight excluding hydrogens is 404 g/mol. The fraction of sp³-hybridized carbons (Fsp3) is 0.250. The van der Waals surface area contributed by atoms with Crippen LogP contribution in [0.4, 0.5) is 20.3 Å². The zero-order valence-corrected chi connectivity index (χ0v) is 17.1. The fourth-order valence-electron chi connectivity index (χ4n) is 3.04. The van der Waals surface area contributed by atoms with Gasteiger partial charge in [-0.2, -0.15) is 10.2 Å². The van der Waals surface area contributed by atoms with Crippen LogP contribution in [0.25, 0.3) is 11.1 Å². The third-order valence-corrected chi connectivity index (χ3v) is 4.81. The Morgan fingerprint density at radius 3 is 2.45 bits per heavy atom. The minimum Gasteiger partial charge on any atom is -0.383 e. The number of halogens is 2. The number of aromatic amines is 1. The Balaban J connectivity index is 0.000000478. The molecule has 0 amide bonds. The summed E-state index contributed by atoms with van der Waals surface area (Å²) >= 11 is 0. The number of hydrogen-bond donors (Lipinski definition) is 5. The molecule has 1 aliphatic rings. The van der Waals surface area contributed by atoms with Crippen LogP contribution in [0.3, 0.4) is 0 Å². The molecule has 0 radical (unpaired) electrons. The number of hydrazine groups is 1. The normalized spacial score (nSPS) is 13.6. The number of aromatic nitrogens is 3. The first-order valence-corrected chi connectivity index (χ1v) is 9.67. The highest BCUT2D eigenvalue weighted by Crippen LogP contribution is 2.26. The summed E-state index contributed by atoms with van der Waals surface area (Å²) in [6.45, 7) is 3.94. The van der Waals surface area contributed by atoms with E-state index in [2.05, 4.69) is 25.6 Å². The maximum absolute atomic E-state index is 14.3. The Morgan fingerprint density at radius 2 is 1.87 bits per heavy atom. The standard InChI is InChI=1S/C16H16F2N8.C4H9N/c1-8-2-3-12(14(18)13(8)17)26(21)16(25-20)11-4-9(5-22-15(11)19)10-6-23-24-7-10;1-2-4-5-3-1/h2-7H,20-21H2,1H3,(H2,19,22)(H,23,24);5H,1-4H2/b25-16-;. The predicted molar refractivity (Wildman–Crippen MR) is 117 cm³/mol. The molecule has 164 valence electrons. The Labute approximate surface area is 178 Å². The molecule has 0 saturated carbocycles. The van der Waals surface area contributed by atoms with Gasteiger partial charge in [-0.1, -0.05) is 6.07 Å². The van der Waals surface area contributed by atoms with Crippen LogP contribution >= 0.6 is 0 Å². The summed E-state index contributed by atoms with van der Waals surface area (Å²) < 4.78 is 28.2. The molecule has 8 N–H and O–H groups in total. The molecule has 0 spiro atoms. The molecule has 0 aliphatic carbocycles. The van der Waals surface area contributed by atoms with Crippen LogP contribution in [0.2, 0.25) is 0 Å². The number of amidine groups is 1. The van der Waals surface area contributed by atoms with Gasteiger partial charge in [-0.15, -0.1) is 0 Å². The van der Waals surface area contributed by atoms with Gasteiger partial charge >= 0.3 is 0 Å². The highest BCUT2D eigenvalue weighted by atomic mass is 19.2. The lowest BCUT2D eigenvalue weighted by Gasteiger charge is -2.22. The van der Waals surface area contributed by atoms with Crippen LogP contribution in [-0.4, -0.2) is 34.1 Å². The molecular formula is C20H25F2N9. The summed E-state index contributed by atoms with van der Waals surface area (Å²) in [6.07, 6.45) is 7.56. The molecule has 0 atom stereocenters. The third-order valence-electron chi connectivity index (χ3n) is 4.81. The summed E-state index contributed by atoms with van der Waals surface area (Å²) in [5.41, 5.74) is 7.47. The van der Waals surface area contributed by atoms with E-state index in [4.69, 9.17) is 17.4 Å². The van der Waals surface area contributed by atoms with Crippen molar-refractivity contribution < 1.29 is 8.78 Å². The number of benzene rings is 1. The predicted octanol–water partition coefficient (Wildman–Crippen LogP) is 2.01. The molecule has 1 aromatic carbocycles. The van der Waals surface area contributed by atoms with Crippen molar-refractivity contribution in [2.75, 3.05) is 23.8 Å². The third kappa shape index (κ3) is 4.95. The molecule has 1 saturated heterocycles. The number of rotatable bonds is 3. The molecule has 4 rings (SSSR count). The van der Waals surface area contributed by atoms with E-state index in [0.717, 1.165) is 10.6 Å². The van der Waals surface area contributed by atoms with Gasteiger partial charge in [-0.3, -0.25) is 10.1 Å². The van der Waals surface area contributed by atoms with Crippen molar-refractivity contribution in [1.29, 1.82) is 0 Å². The van der Waals surface area contributed by atoms with Gasteiger partial charge in [0.15, 0.2) is 17.5 Å². The lowest BCUT2D eigenvalue weighted by atomic mass is 10.1. The number of anilines is 2. The molecule has 11 heteroatoms. The summed E-state index contributed by atoms with van der Waals surface area (Å²) in [6, 6.07) is 4.34. The number of H-pyrrole nitrogens is 1. The quantitative estimate of drug-likeness (QED) is 0.185. The van der Waals surface area contributed by atoms with Gasteiger partial charge in [0.05, 0.1) is 17.4 Å². The van der Waals surface area contributed by atoms with Crippen molar-refractivity contribution in [2.24, 2.45) is 16.8 Å². The number of nitrogen functional groups attached to an aromatic ring is 1. The molecule has 0 bridgehead atoms. The Morgan fingerprint density at radius 1 is 1.13 bits per heavy atom. The molecule has 1 aliphatic heterocycles. The number of nitrogens with one attached hydrogen (secondary N) is 2. The second kappa shape index (κ2) is 9.96. The van der Waals surface area contributed by atoms with E-state index in [0.29, 0.717) is 5.56 Å². The molecule has 9 nitrogen and oxygen atoms in total. The van der Waals surface area contributed by atoms with E-state index in [-0.39, 0.29) is 28.5 Å². The topological polar surface area (TPSA) is 147 Å². The molecule has 31 heavy (non-hydrogen) atoms. The lowest BCUT2D eigenvalue weighted by Crippen LogP contribution is -2.40. The van der Waals surface area contributed by atoms with Gasteiger partial charge in [-0.05, 0) is 50.6 Å². The van der Waals surface area contributed by atoms with Gasteiger partial charge in [0, 0.05) is 23.5 Å². The summed E-state index contributed by atoms with van der Waals surface area (Å²) in [5.74, 6) is 9.27. The van der Waals surface area contributed by atoms with Crippen LogP contribution in [0.15, 0.2) is 41.9 Å². The monoisotopic (exact) mass is 429 g/mol. The highest BCUT2D eigenvalue weighted by Gasteiger charge is 2.22. The van der Waals surface area contributed by atoms with Crippen molar-refractivity contribution in [3.05, 3.63) is 59.6 Å². The first-order valence-electron chi connectivity index (χ1n) is 9.67. The van der Waals surface area contributed by atoms with Gasteiger partial charge in [0.25, 0.3) is 0 Å². The minimum absolute atomic E-state index is 0.0740. The summed E-state index contributed by atoms with van der Waals surface area (Å²) in [4.78, 5) is 4.08. The van der Waals surface area contributed by atoms with Crippen LogP contribution in [0, 0.1) is 18.6 Å². The molecule has 0 unspecified atom stereocenters. The van der Waals surface area contributed by atoms with Crippen molar-refractivity contribution >= 4 is 17.3 Å². The molecule has 1 fully saturated rings.